The van der Waals surface area contributed by atoms with Crippen LogP contribution in [-0.4, -0.2) is 47.8 Å². The topological polar surface area (TPSA) is 93.8 Å². The summed E-state index contributed by atoms with van der Waals surface area (Å²) < 4.78 is 26.2. The molecule has 19 heavy (non-hydrogen) atoms. The minimum atomic E-state index is -3.60. The quantitative estimate of drug-likeness (QED) is 0.801. The number of aliphatic hydroxyl groups is 1. The number of nitrogens with one attached hydrogen (secondary N) is 1. The summed E-state index contributed by atoms with van der Waals surface area (Å²) in [6.45, 7) is 1.87. The van der Waals surface area contributed by atoms with Crippen LogP contribution in [0.1, 0.15) is 26.2 Å². The Bertz CT molecular complexity index is 524. The van der Waals surface area contributed by atoms with Crippen LogP contribution >= 0.6 is 0 Å². The van der Waals surface area contributed by atoms with E-state index in [4.69, 9.17) is 5.41 Å². The van der Waals surface area contributed by atoms with Gasteiger partial charge in [0.25, 0.3) is 0 Å². The first-order valence-electron chi connectivity index (χ1n) is 6.33. The Kier molecular flexibility index (Phi) is 4.05. The lowest BCUT2D eigenvalue weighted by Gasteiger charge is -2.32. The summed E-state index contributed by atoms with van der Waals surface area (Å²) in [6, 6.07) is 0. The van der Waals surface area contributed by atoms with Gasteiger partial charge in [0.05, 0.1) is 0 Å². The molecule has 106 valence electrons. The lowest BCUT2D eigenvalue weighted by atomic mass is 9.88. The highest BCUT2D eigenvalue weighted by molar-refractivity contribution is 7.90. The standard InChI is InChI=1S/C12H19N3O3S/c1-9-4-5-15(8-14-9)19(17,18)12-6-10(7-16)2-3-11(12)13/h4-5,10,12-13,16H,2-3,6-8H2,1H3. The van der Waals surface area contributed by atoms with Gasteiger partial charge in [0.1, 0.15) is 11.9 Å². The van der Waals surface area contributed by atoms with E-state index in [0.29, 0.717) is 19.3 Å². The van der Waals surface area contributed by atoms with Gasteiger partial charge in [0, 0.05) is 24.2 Å². The average molecular weight is 285 g/mol. The molecule has 6 nitrogen and oxygen atoms in total. The van der Waals surface area contributed by atoms with Crippen molar-refractivity contribution in [2.75, 3.05) is 13.3 Å². The predicted octanol–water partition coefficient (Wildman–Crippen LogP) is 0.745. The Hall–Kier alpha value is -1.21. The molecule has 0 saturated heterocycles. The maximum Gasteiger partial charge on any atom is 0.244 e. The Morgan fingerprint density at radius 3 is 2.89 bits per heavy atom. The number of allylic oxidation sites excluding steroid dienone is 1. The van der Waals surface area contributed by atoms with Gasteiger partial charge in [-0.3, -0.25) is 9.30 Å². The smallest absolute Gasteiger partial charge is 0.244 e. The van der Waals surface area contributed by atoms with E-state index in [1.54, 1.807) is 6.08 Å². The van der Waals surface area contributed by atoms with Crippen molar-refractivity contribution in [3.63, 3.8) is 0 Å². The highest BCUT2D eigenvalue weighted by atomic mass is 32.2. The number of hydrogen-bond acceptors (Lipinski definition) is 5. The van der Waals surface area contributed by atoms with E-state index >= 15 is 0 Å². The van der Waals surface area contributed by atoms with Gasteiger partial charge in [-0.05, 0) is 38.2 Å². The second-order valence-electron chi connectivity index (χ2n) is 5.03. The summed E-state index contributed by atoms with van der Waals surface area (Å²) in [5.74, 6) is -0.0344. The number of aliphatic hydroxyl groups excluding tert-OH is 1. The minimum absolute atomic E-state index is 0.0214. The maximum atomic E-state index is 12.5. The van der Waals surface area contributed by atoms with E-state index in [2.05, 4.69) is 4.99 Å². The highest BCUT2D eigenvalue weighted by Crippen LogP contribution is 2.28. The van der Waals surface area contributed by atoms with Crippen molar-refractivity contribution in [3.8, 4) is 0 Å². The number of rotatable bonds is 3. The second-order valence-corrected chi connectivity index (χ2v) is 7.09. The van der Waals surface area contributed by atoms with Gasteiger partial charge in [-0.15, -0.1) is 0 Å². The fourth-order valence-corrected chi connectivity index (χ4v) is 4.12. The largest absolute Gasteiger partial charge is 0.396 e. The summed E-state index contributed by atoms with van der Waals surface area (Å²) in [7, 11) is -3.60. The van der Waals surface area contributed by atoms with Crippen molar-refractivity contribution in [1.82, 2.24) is 4.31 Å². The zero-order valence-corrected chi connectivity index (χ0v) is 11.7. The molecule has 1 heterocycles. The first-order chi connectivity index (χ1) is 8.95. The fourth-order valence-electron chi connectivity index (χ4n) is 2.35. The first-order valence-corrected chi connectivity index (χ1v) is 7.83. The van der Waals surface area contributed by atoms with Gasteiger partial charge in [0.15, 0.2) is 0 Å². The van der Waals surface area contributed by atoms with Crippen molar-refractivity contribution in [2.24, 2.45) is 10.9 Å². The summed E-state index contributed by atoms with van der Waals surface area (Å²) in [5, 5.41) is 16.2. The third-order valence-corrected chi connectivity index (χ3v) is 5.73. The number of sulfonamides is 1. The molecule has 0 aromatic heterocycles. The zero-order valence-electron chi connectivity index (χ0n) is 10.9. The molecule has 1 fully saturated rings. The van der Waals surface area contributed by atoms with Crippen molar-refractivity contribution in [1.29, 1.82) is 5.41 Å². The second kappa shape index (κ2) is 5.42. The van der Waals surface area contributed by atoms with Crippen LogP contribution < -0.4 is 0 Å². The third kappa shape index (κ3) is 2.87. The summed E-state index contributed by atoms with van der Waals surface area (Å²) in [6.07, 6.45) is 4.61. The van der Waals surface area contributed by atoms with Crippen LogP contribution in [0.5, 0.6) is 0 Å². The number of aliphatic imine (C=N–C) groups is 1. The molecule has 0 radical (unpaired) electrons. The Morgan fingerprint density at radius 1 is 1.58 bits per heavy atom. The van der Waals surface area contributed by atoms with E-state index < -0.39 is 15.3 Å². The molecular formula is C12H19N3O3S. The average Bonchev–Trinajstić information content (AvgIpc) is 2.39. The summed E-state index contributed by atoms with van der Waals surface area (Å²) in [4.78, 5) is 4.09. The van der Waals surface area contributed by atoms with Gasteiger partial charge in [-0.1, -0.05) is 0 Å². The molecule has 0 amide bonds. The molecule has 1 aliphatic heterocycles. The molecule has 0 bridgehead atoms. The molecule has 2 rings (SSSR count). The van der Waals surface area contributed by atoms with Gasteiger partial charge in [0.2, 0.25) is 10.0 Å². The molecule has 1 saturated carbocycles. The lowest BCUT2D eigenvalue weighted by Crippen LogP contribution is -2.44. The molecule has 0 aromatic carbocycles. The molecule has 2 aliphatic rings. The van der Waals surface area contributed by atoms with Crippen molar-refractivity contribution in [3.05, 3.63) is 12.3 Å². The zero-order chi connectivity index (χ0) is 14.0. The highest BCUT2D eigenvalue weighted by Gasteiger charge is 2.38. The summed E-state index contributed by atoms with van der Waals surface area (Å²) in [5.41, 5.74) is 1.03. The fraction of sp³-hybridized carbons (Fsp3) is 0.667. The van der Waals surface area contributed by atoms with E-state index in [-0.39, 0.29) is 24.9 Å². The maximum absolute atomic E-state index is 12.5. The van der Waals surface area contributed by atoms with Crippen LogP contribution in [0.3, 0.4) is 0 Å². The number of hydrogen-bond donors (Lipinski definition) is 2. The van der Waals surface area contributed by atoms with Gasteiger partial charge < -0.3 is 10.5 Å². The lowest BCUT2D eigenvalue weighted by molar-refractivity contribution is 0.208. The van der Waals surface area contributed by atoms with Crippen LogP contribution in [-0.2, 0) is 10.0 Å². The Labute approximate surface area is 113 Å². The molecule has 1 aliphatic carbocycles. The molecule has 2 unspecified atom stereocenters. The van der Waals surface area contributed by atoms with Gasteiger partial charge >= 0.3 is 0 Å². The van der Waals surface area contributed by atoms with E-state index in [1.807, 2.05) is 6.92 Å². The Morgan fingerprint density at radius 2 is 2.32 bits per heavy atom. The van der Waals surface area contributed by atoms with Crippen LogP contribution in [0, 0.1) is 11.3 Å². The molecule has 7 heteroatoms. The molecule has 0 spiro atoms. The monoisotopic (exact) mass is 285 g/mol. The van der Waals surface area contributed by atoms with Crippen molar-refractivity contribution >= 4 is 21.4 Å². The normalized spacial score (nSPS) is 28.4. The van der Waals surface area contributed by atoms with Crippen LogP contribution in [0.4, 0.5) is 0 Å². The molecule has 2 atom stereocenters. The Balaban J connectivity index is 2.19. The third-order valence-electron chi connectivity index (χ3n) is 3.64. The van der Waals surface area contributed by atoms with Gasteiger partial charge in [-0.25, -0.2) is 8.42 Å². The predicted molar refractivity (Wildman–Crippen MR) is 73.8 cm³/mol. The summed E-state index contributed by atoms with van der Waals surface area (Å²) >= 11 is 0. The molecular weight excluding hydrogens is 266 g/mol. The van der Waals surface area contributed by atoms with Crippen molar-refractivity contribution < 1.29 is 13.5 Å². The van der Waals surface area contributed by atoms with E-state index in [9.17, 15) is 13.5 Å². The van der Waals surface area contributed by atoms with Crippen LogP contribution in [0.2, 0.25) is 0 Å². The first kappa shape index (κ1) is 14.2. The van der Waals surface area contributed by atoms with Gasteiger partial charge in [-0.2, -0.15) is 0 Å². The van der Waals surface area contributed by atoms with Crippen LogP contribution in [0.15, 0.2) is 17.3 Å². The minimum Gasteiger partial charge on any atom is -0.396 e. The SMILES string of the molecule is CC1=NCN(S(=O)(=O)C2CC(CO)CCC2=N)C=C1. The number of nitrogens with zero attached hydrogens (tertiary/aromatic N) is 2. The van der Waals surface area contributed by atoms with Crippen molar-refractivity contribution in [2.45, 2.75) is 31.4 Å². The van der Waals surface area contributed by atoms with E-state index in [0.717, 1.165) is 5.71 Å². The molecule has 2 N–H and O–H groups in total. The van der Waals surface area contributed by atoms with Crippen LogP contribution in [0.25, 0.3) is 0 Å². The molecule has 0 aromatic rings. The van der Waals surface area contributed by atoms with E-state index in [1.165, 1.54) is 10.5 Å².